The van der Waals surface area contributed by atoms with E-state index < -0.39 is 0 Å². The second-order valence-corrected chi connectivity index (χ2v) is 4.63. The molecular formula is C15H16N4O. The molecule has 1 aromatic carbocycles. The van der Waals surface area contributed by atoms with Crippen molar-refractivity contribution < 1.29 is 4.79 Å². The Morgan fingerprint density at radius 3 is 2.60 bits per heavy atom. The summed E-state index contributed by atoms with van der Waals surface area (Å²) in [5.74, 6) is -0.0921. The summed E-state index contributed by atoms with van der Waals surface area (Å²) in [5.41, 5.74) is 1.57. The molecule has 5 heteroatoms. The number of rotatable bonds is 4. The van der Waals surface area contributed by atoms with Crippen LogP contribution in [0, 0.1) is 11.3 Å². The van der Waals surface area contributed by atoms with E-state index >= 15 is 0 Å². The van der Waals surface area contributed by atoms with Crippen molar-refractivity contribution in [2.24, 2.45) is 0 Å². The van der Waals surface area contributed by atoms with E-state index in [0.29, 0.717) is 5.56 Å². The van der Waals surface area contributed by atoms with Gasteiger partial charge < -0.3 is 5.32 Å². The van der Waals surface area contributed by atoms with Gasteiger partial charge in [-0.05, 0) is 37.6 Å². The lowest BCUT2D eigenvalue weighted by atomic mass is 10.1. The van der Waals surface area contributed by atoms with E-state index in [4.69, 9.17) is 5.26 Å². The van der Waals surface area contributed by atoms with E-state index in [1.807, 2.05) is 19.1 Å². The molecule has 5 nitrogen and oxygen atoms in total. The third-order valence-corrected chi connectivity index (χ3v) is 3.20. The molecule has 0 aliphatic carbocycles. The highest BCUT2D eigenvalue weighted by atomic mass is 16.2. The highest BCUT2D eigenvalue weighted by Crippen LogP contribution is 2.14. The largest absolute Gasteiger partial charge is 0.348 e. The third kappa shape index (κ3) is 3.04. The van der Waals surface area contributed by atoms with E-state index in [1.165, 1.54) is 0 Å². The molecule has 1 heterocycles. The van der Waals surface area contributed by atoms with Gasteiger partial charge in [-0.25, -0.2) is 0 Å². The Hall–Kier alpha value is -2.61. The Morgan fingerprint density at radius 2 is 2.05 bits per heavy atom. The first kappa shape index (κ1) is 13.8. The molecule has 2 aromatic rings. The topological polar surface area (TPSA) is 70.7 Å². The highest BCUT2D eigenvalue weighted by molar-refractivity contribution is 5.80. The summed E-state index contributed by atoms with van der Waals surface area (Å²) < 4.78 is 1.61. The lowest BCUT2D eigenvalue weighted by molar-refractivity contribution is -0.124. The van der Waals surface area contributed by atoms with Gasteiger partial charge in [0.25, 0.3) is 0 Å². The Balaban J connectivity index is 2.01. The molecule has 1 N–H and O–H groups in total. The molecule has 0 spiro atoms. The van der Waals surface area contributed by atoms with E-state index in [9.17, 15) is 4.79 Å². The van der Waals surface area contributed by atoms with E-state index in [2.05, 4.69) is 16.5 Å². The molecule has 2 unspecified atom stereocenters. The predicted octanol–water partition coefficient (Wildman–Crippen LogP) is 2.19. The molecule has 0 aliphatic heterocycles. The number of carbonyl (C=O) groups is 1. The second-order valence-electron chi connectivity index (χ2n) is 4.63. The van der Waals surface area contributed by atoms with E-state index in [0.717, 1.165) is 5.56 Å². The van der Waals surface area contributed by atoms with Gasteiger partial charge in [-0.2, -0.15) is 10.4 Å². The molecule has 0 saturated heterocycles. The first-order valence-electron chi connectivity index (χ1n) is 6.41. The van der Waals surface area contributed by atoms with Crippen molar-refractivity contribution in [3.63, 3.8) is 0 Å². The van der Waals surface area contributed by atoms with Gasteiger partial charge in [0.1, 0.15) is 6.04 Å². The first-order chi connectivity index (χ1) is 9.61. The van der Waals surface area contributed by atoms with Crippen LogP contribution < -0.4 is 5.32 Å². The van der Waals surface area contributed by atoms with Gasteiger partial charge in [0.15, 0.2) is 0 Å². The molecular weight excluding hydrogens is 252 g/mol. The molecule has 1 amide bonds. The minimum atomic E-state index is -0.356. The van der Waals surface area contributed by atoms with E-state index in [1.54, 1.807) is 42.2 Å². The Bertz CT molecular complexity index is 610. The molecule has 2 rings (SSSR count). The van der Waals surface area contributed by atoms with Crippen LogP contribution in [-0.4, -0.2) is 15.7 Å². The van der Waals surface area contributed by atoms with Crippen LogP contribution in [0.5, 0.6) is 0 Å². The number of hydrogen-bond donors (Lipinski definition) is 1. The third-order valence-electron chi connectivity index (χ3n) is 3.20. The number of nitrogens with one attached hydrogen (secondary N) is 1. The summed E-state index contributed by atoms with van der Waals surface area (Å²) in [4.78, 5) is 12.1. The predicted molar refractivity (Wildman–Crippen MR) is 74.7 cm³/mol. The highest BCUT2D eigenvalue weighted by Gasteiger charge is 2.17. The van der Waals surface area contributed by atoms with Crippen molar-refractivity contribution in [1.29, 1.82) is 5.26 Å². The number of nitrogens with zero attached hydrogens (tertiary/aromatic N) is 3. The molecule has 20 heavy (non-hydrogen) atoms. The molecule has 0 radical (unpaired) electrons. The Morgan fingerprint density at radius 1 is 1.35 bits per heavy atom. The van der Waals surface area contributed by atoms with Crippen molar-refractivity contribution >= 4 is 5.91 Å². The summed E-state index contributed by atoms with van der Waals surface area (Å²) in [7, 11) is 0. The number of hydrogen-bond acceptors (Lipinski definition) is 3. The fourth-order valence-electron chi connectivity index (χ4n) is 1.89. The smallest absolute Gasteiger partial charge is 0.245 e. The van der Waals surface area contributed by atoms with Gasteiger partial charge in [-0.3, -0.25) is 9.48 Å². The maximum absolute atomic E-state index is 12.1. The molecule has 0 fully saturated rings. The average Bonchev–Trinajstić information content (AvgIpc) is 3.00. The summed E-state index contributed by atoms with van der Waals surface area (Å²) in [6, 6.07) is 10.6. The minimum absolute atomic E-state index is 0.0921. The lowest BCUT2D eigenvalue weighted by Gasteiger charge is -2.18. The molecule has 0 saturated carbocycles. The van der Waals surface area contributed by atoms with Gasteiger partial charge in [0.05, 0.1) is 17.7 Å². The molecule has 0 bridgehead atoms. The van der Waals surface area contributed by atoms with Crippen molar-refractivity contribution in [2.45, 2.75) is 25.9 Å². The van der Waals surface area contributed by atoms with Crippen LogP contribution in [-0.2, 0) is 4.79 Å². The van der Waals surface area contributed by atoms with Crippen molar-refractivity contribution in [3.8, 4) is 6.07 Å². The van der Waals surface area contributed by atoms with Crippen LogP contribution in [0.4, 0.5) is 0 Å². The van der Waals surface area contributed by atoms with E-state index in [-0.39, 0.29) is 18.0 Å². The van der Waals surface area contributed by atoms with Crippen molar-refractivity contribution in [3.05, 3.63) is 53.9 Å². The molecule has 0 aliphatic rings. The number of nitriles is 1. The summed E-state index contributed by atoms with van der Waals surface area (Å²) in [5, 5.41) is 15.8. The first-order valence-corrected chi connectivity index (χ1v) is 6.41. The molecule has 102 valence electrons. The summed E-state index contributed by atoms with van der Waals surface area (Å²) in [6.07, 6.45) is 3.41. The van der Waals surface area contributed by atoms with Crippen LogP contribution in [0.2, 0.25) is 0 Å². The number of amides is 1. The zero-order valence-electron chi connectivity index (χ0n) is 11.4. The average molecular weight is 268 g/mol. The van der Waals surface area contributed by atoms with Gasteiger partial charge >= 0.3 is 0 Å². The monoisotopic (exact) mass is 268 g/mol. The van der Waals surface area contributed by atoms with Crippen LogP contribution in [0.25, 0.3) is 0 Å². The minimum Gasteiger partial charge on any atom is -0.348 e. The summed E-state index contributed by atoms with van der Waals surface area (Å²) in [6.45, 7) is 3.71. The normalized spacial score (nSPS) is 13.2. The maximum Gasteiger partial charge on any atom is 0.245 e. The fraction of sp³-hybridized carbons (Fsp3) is 0.267. The van der Waals surface area contributed by atoms with Crippen LogP contribution in [0.1, 0.15) is 37.1 Å². The number of benzene rings is 1. The number of carbonyl (C=O) groups excluding carboxylic acids is 1. The Labute approximate surface area is 117 Å². The summed E-state index contributed by atoms with van der Waals surface area (Å²) >= 11 is 0. The Kier molecular flexibility index (Phi) is 4.16. The standard InChI is InChI=1S/C15H16N4O/c1-11(14-6-4-13(10-16)5-7-14)18-15(20)12(2)19-9-3-8-17-19/h3-9,11-12H,1-2H3,(H,18,20). The van der Waals surface area contributed by atoms with Crippen LogP contribution >= 0.6 is 0 Å². The quantitative estimate of drug-likeness (QED) is 0.924. The van der Waals surface area contributed by atoms with Crippen molar-refractivity contribution in [1.82, 2.24) is 15.1 Å². The zero-order valence-corrected chi connectivity index (χ0v) is 11.4. The molecule has 2 atom stereocenters. The van der Waals surface area contributed by atoms with Crippen LogP contribution in [0.3, 0.4) is 0 Å². The molecule has 1 aromatic heterocycles. The SMILES string of the molecule is CC(NC(=O)C(C)n1cccn1)c1ccc(C#N)cc1. The van der Waals surface area contributed by atoms with Gasteiger partial charge in [-0.15, -0.1) is 0 Å². The fourth-order valence-corrected chi connectivity index (χ4v) is 1.89. The zero-order chi connectivity index (χ0) is 14.5. The van der Waals surface area contributed by atoms with Gasteiger partial charge in [0, 0.05) is 12.4 Å². The number of aromatic nitrogens is 2. The lowest BCUT2D eigenvalue weighted by Crippen LogP contribution is -2.33. The van der Waals surface area contributed by atoms with Crippen molar-refractivity contribution in [2.75, 3.05) is 0 Å². The van der Waals surface area contributed by atoms with Gasteiger partial charge in [0.2, 0.25) is 5.91 Å². The maximum atomic E-state index is 12.1. The van der Waals surface area contributed by atoms with Gasteiger partial charge in [-0.1, -0.05) is 12.1 Å². The second kappa shape index (κ2) is 6.02. The van der Waals surface area contributed by atoms with Crippen LogP contribution in [0.15, 0.2) is 42.7 Å².